The number of carbonyl (C=O) groups is 2. The average Bonchev–Trinajstić information content (AvgIpc) is 3.35. The number of fused-ring (bicyclic) bond motifs is 2. The molecule has 1 N–H and O–H groups in total. The fourth-order valence-corrected chi connectivity index (χ4v) is 4.39. The van der Waals surface area contributed by atoms with Gasteiger partial charge in [-0.05, 0) is 26.0 Å². The summed E-state index contributed by atoms with van der Waals surface area (Å²) in [6.07, 6.45) is 3.74. The molecule has 0 fully saturated rings. The molecule has 0 atom stereocenters. The molecule has 2 aromatic carbocycles. The van der Waals surface area contributed by atoms with Crippen LogP contribution in [0.2, 0.25) is 0 Å². The number of aryl methyl sites for hydroxylation is 1. The second kappa shape index (κ2) is 6.43. The molecule has 6 nitrogen and oxygen atoms in total. The Hall–Kier alpha value is -3.64. The van der Waals surface area contributed by atoms with Crippen LogP contribution in [0.5, 0.6) is 0 Å². The van der Waals surface area contributed by atoms with E-state index in [1.807, 2.05) is 72.5 Å². The molecule has 0 aliphatic carbocycles. The summed E-state index contributed by atoms with van der Waals surface area (Å²) in [7, 11) is 1.90. The van der Waals surface area contributed by atoms with Gasteiger partial charge in [-0.2, -0.15) is 0 Å². The zero-order valence-electron chi connectivity index (χ0n) is 17.0. The van der Waals surface area contributed by atoms with E-state index < -0.39 is 11.8 Å². The van der Waals surface area contributed by atoms with Crippen LogP contribution < -0.4 is 0 Å². The summed E-state index contributed by atoms with van der Waals surface area (Å²) in [5, 5.41) is 12.2. The minimum Gasteiger partial charge on any atom is -0.350 e. The Morgan fingerprint density at radius 1 is 0.767 bits per heavy atom. The number of carbonyl (C=O) groups excluding carboxylic acids is 2. The number of amides is 2. The second-order valence-corrected chi connectivity index (χ2v) is 7.90. The minimum atomic E-state index is -0.701. The molecule has 150 valence electrons. The van der Waals surface area contributed by atoms with Crippen LogP contribution in [0.1, 0.15) is 31.0 Å². The van der Waals surface area contributed by atoms with Gasteiger partial charge in [-0.3, -0.25) is 14.8 Å². The quantitative estimate of drug-likeness (QED) is 0.411. The van der Waals surface area contributed by atoms with Crippen molar-refractivity contribution >= 4 is 44.8 Å². The van der Waals surface area contributed by atoms with Crippen molar-refractivity contribution in [2.24, 2.45) is 7.05 Å². The van der Waals surface area contributed by atoms with Crippen LogP contribution in [0.4, 0.5) is 0 Å². The number of hydrogen-bond acceptors (Lipinski definition) is 3. The third kappa shape index (κ3) is 2.40. The Morgan fingerprint density at radius 2 is 1.27 bits per heavy atom. The van der Waals surface area contributed by atoms with Crippen LogP contribution in [-0.4, -0.2) is 31.2 Å². The highest BCUT2D eigenvalue weighted by Crippen LogP contribution is 2.41. The summed E-state index contributed by atoms with van der Waals surface area (Å²) in [6, 6.07) is 15.7. The zero-order valence-corrected chi connectivity index (χ0v) is 17.0. The van der Waals surface area contributed by atoms with Crippen molar-refractivity contribution in [1.29, 1.82) is 0 Å². The lowest BCUT2D eigenvalue weighted by Crippen LogP contribution is -2.27. The van der Waals surface area contributed by atoms with Crippen LogP contribution in [-0.2, 0) is 16.6 Å². The molecule has 5 rings (SSSR count). The first-order valence-electron chi connectivity index (χ1n) is 9.86. The zero-order chi connectivity index (χ0) is 21.2. The average molecular weight is 399 g/mol. The number of rotatable bonds is 3. The van der Waals surface area contributed by atoms with E-state index in [0.29, 0.717) is 11.1 Å². The monoisotopic (exact) mass is 399 g/mol. The smallest absolute Gasteiger partial charge is 0.286 e. The molecule has 30 heavy (non-hydrogen) atoms. The maximum Gasteiger partial charge on any atom is 0.286 e. The van der Waals surface area contributed by atoms with Gasteiger partial charge in [-0.1, -0.05) is 36.4 Å². The molecule has 1 aliphatic rings. The van der Waals surface area contributed by atoms with Gasteiger partial charge in [-0.25, -0.2) is 0 Å². The third-order valence-corrected chi connectivity index (χ3v) is 5.80. The molecule has 0 bridgehead atoms. The second-order valence-electron chi connectivity index (χ2n) is 7.90. The standard InChI is InChI=1S/C24H21N3O3/c1-14(2)26-13-18(16-9-5-7-11-20(16)26)22-21(23(28)27(30)24(22)29)17-12-25(3)19-10-6-4-8-15(17)19/h4-14,30H,1-3H3. The van der Waals surface area contributed by atoms with Crippen molar-refractivity contribution in [2.45, 2.75) is 19.9 Å². The first-order chi connectivity index (χ1) is 14.4. The predicted molar refractivity (Wildman–Crippen MR) is 116 cm³/mol. The normalized spacial score (nSPS) is 14.9. The van der Waals surface area contributed by atoms with Gasteiger partial charge in [0.2, 0.25) is 0 Å². The fraction of sp³-hybridized carbons (Fsp3) is 0.167. The van der Waals surface area contributed by atoms with E-state index in [2.05, 4.69) is 18.4 Å². The minimum absolute atomic E-state index is 0.169. The van der Waals surface area contributed by atoms with Crippen molar-refractivity contribution in [3.05, 3.63) is 72.1 Å². The van der Waals surface area contributed by atoms with Gasteiger partial charge >= 0.3 is 0 Å². The Bertz CT molecular complexity index is 1390. The van der Waals surface area contributed by atoms with Crippen LogP contribution in [0.25, 0.3) is 33.0 Å². The molecular formula is C24H21N3O3. The highest BCUT2D eigenvalue weighted by Gasteiger charge is 2.41. The van der Waals surface area contributed by atoms with Crippen LogP contribution in [0, 0.1) is 0 Å². The van der Waals surface area contributed by atoms with Crippen molar-refractivity contribution in [1.82, 2.24) is 14.2 Å². The first kappa shape index (κ1) is 18.4. The summed E-state index contributed by atoms with van der Waals surface area (Å²) in [5.74, 6) is -1.40. The SMILES string of the molecule is CC(C)n1cc(C2=C(c3cn(C)c4ccccc34)C(=O)N(O)C2=O)c2ccccc21. The van der Waals surface area contributed by atoms with E-state index in [1.54, 1.807) is 0 Å². The summed E-state index contributed by atoms with van der Waals surface area (Å²) in [4.78, 5) is 26.1. The number of imide groups is 1. The van der Waals surface area contributed by atoms with Gasteiger partial charge in [0.15, 0.2) is 0 Å². The van der Waals surface area contributed by atoms with E-state index in [1.165, 1.54) is 0 Å². The molecule has 2 aromatic heterocycles. The molecule has 6 heteroatoms. The lowest BCUT2D eigenvalue weighted by Gasteiger charge is -2.08. The summed E-state index contributed by atoms with van der Waals surface area (Å²) < 4.78 is 4.00. The van der Waals surface area contributed by atoms with Crippen molar-refractivity contribution in [3.63, 3.8) is 0 Å². The van der Waals surface area contributed by atoms with Gasteiger partial charge < -0.3 is 9.13 Å². The maximum atomic E-state index is 13.0. The molecule has 3 heterocycles. The number of nitrogens with zero attached hydrogens (tertiary/aromatic N) is 3. The number of aromatic nitrogens is 2. The molecule has 0 saturated carbocycles. The van der Waals surface area contributed by atoms with E-state index >= 15 is 0 Å². The maximum absolute atomic E-state index is 13.0. The lowest BCUT2D eigenvalue weighted by molar-refractivity contribution is -0.168. The lowest BCUT2D eigenvalue weighted by atomic mass is 9.95. The van der Waals surface area contributed by atoms with Gasteiger partial charge in [-0.15, -0.1) is 5.06 Å². The fourth-order valence-electron chi connectivity index (χ4n) is 4.39. The van der Waals surface area contributed by atoms with Crippen LogP contribution in [0.3, 0.4) is 0 Å². The Labute approximate surface area is 173 Å². The van der Waals surface area contributed by atoms with Crippen LogP contribution in [0.15, 0.2) is 60.9 Å². The van der Waals surface area contributed by atoms with Gasteiger partial charge in [0.25, 0.3) is 11.8 Å². The first-order valence-corrected chi connectivity index (χ1v) is 9.86. The molecule has 0 saturated heterocycles. The predicted octanol–water partition coefficient (Wildman–Crippen LogP) is 4.38. The molecule has 0 unspecified atom stereocenters. The number of para-hydroxylation sites is 2. The van der Waals surface area contributed by atoms with Crippen LogP contribution >= 0.6 is 0 Å². The van der Waals surface area contributed by atoms with Gasteiger partial charge in [0.1, 0.15) is 0 Å². The number of hydroxylamine groups is 2. The molecule has 0 spiro atoms. The van der Waals surface area contributed by atoms with Crippen molar-refractivity contribution in [2.75, 3.05) is 0 Å². The number of benzene rings is 2. The van der Waals surface area contributed by atoms with Gasteiger partial charge in [0, 0.05) is 58.4 Å². The topological polar surface area (TPSA) is 67.5 Å². The molecule has 0 radical (unpaired) electrons. The largest absolute Gasteiger partial charge is 0.350 e. The molecule has 2 amide bonds. The molecule has 4 aromatic rings. The highest BCUT2D eigenvalue weighted by atomic mass is 16.5. The van der Waals surface area contributed by atoms with E-state index in [0.717, 1.165) is 21.8 Å². The van der Waals surface area contributed by atoms with Crippen molar-refractivity contribution < 1.29 is 14.8 Å². The summed E-state index contributed by atoms with van der Waals surface area (Å²) >= 11 is 0. The van der Waals surface area contributed by atoms with E-state index in [4.69, 9.17) is 0 Å². The molecule has 1 aliphatic heterocycles. The summed E-state index contributed by atoms with van der Waals surface area (Å²) in [6.45, 7) is 4.13. The van der Waals surface area contributed by atoms with Crippen molar-refractivity contribution in [3.8, 4) is 0 Å². The Balaban J connectivity index is 1.89. The van der Waals surface area contributed by atoms with E-state index in [-0.39, 0.29) is 22.3 Å². The highest BCUT2D eigenvalue weighted by molar-refractivity contribution is 6.50. The third-order valence-electron chi connectivity index (χ3n) is 5.80. The summed E-state index contributed by atoms with van der Waals surface area (Å²) in [5.41, 5.74) is 3.67. The van der Waals surface area contributed by atoms with E-state index in [9.17, 15) is 14.8 Å². The molecular weight excluding hydrogens is 378 g/mol. The van der Waals surface area contributed by atoms with Gasteiger partial charge in [0.05, 0.1) is 11.1 Å². The Kier molecular flexibility index (Phi) is 3.95. The number of hydrogen-bond donors (Lipinski definition) is 1. The Morgan fingerprint density at radius 3 is 1.87 bits per heavy atom.